The zero-order chi connectivity index (χ0) is 11.9. The third-order valence-electron chi connectivity index (χ3n) is 3.62. The van der Waals surface area contributed by atoms with Gasteiger partial charge < -0.3 is 14.6 Å². The van der Waals surface area contributed by atoms with Crippen LogP contribution in [0.1, 0.15) is 38.5 Å². The summed E-state index contributed by atoms with van der Waals surface area (Å²) in [6, 6.07) is 1.02. The molecular weight excluding hydrogens is 218 g/mol. The van der Waals surface area contributed by atoms with E-state index in [4.69, 9.17) is 14.6 Å². The van der Waals surface area contributed by atoms with Crippen molar-refractivity contribution < 1.29 is 8.85 Å². The summed E-state index contributed by atoms with van der Waals surface area (Å²) in [7, 11) is -0.127. The van der Waals surface area contributed by atoms with Crippen molar-refractivity contribution in [2.45, 2.75) is 51.1 Å². The lowest BCUT2D eigenvalue weighted by Crippen LogP contribution is -2.39. The van der Waals surface area contributed by atoms with Gasteiger partial charge in [0.1, 0.15) is 0 Å². The summed E-state index contributed by atoms with van der Waals surface area (Å²) >= 11 is 0. The van der Waals surface area contributed by atoms with Crippen molar-refractivity contribution in [1.29, 1.82) is 0 Å². The van der Waals surface area contributed by atoms with Gasteiger partial charge in [-0.15, -0.1) is 0 Å². The Morgan fingerprint density at radius 3 is 2.50 bits per heavy atom. The summed E-state index contributed by atoms with van der Waals surface area (Å²) in [4.78, 5) is 0. The molecule has 0 heterocycles. The first-order chi connectivity index (χ1) is 7.70. The maximum Gasteiger partial charge on any atom is 0.334 e. The van der Waals surface area contributed by atoms with Gasteiger partial charge in [0.25, 0.3) is 0 Å². The zero-order valence-corrected chi connectivity index (χ0v) is 11.8. The molecule has 96 valence electrons. The van der Waals surface area contributed by atoms with Gasteiger partial charge in [-0.05, 0) is 44.3 Å². The molecule has 1 atom stereocenters. The molecule has 1 unspecified atom stereocenters. The van der Waals surface area contributed by atoms with Crippen LogP contribution in [0.2, 0.25) is 12.6 Å². The van der Waals surface area contributed by atoms with E-state index in [1.54, 1.807) is 7.11 Å². The minimum atomic E-state index is -1.91. The quantitative estimate of drug-likeness (QED) is 0.701. The molecule has 4 heteroatoms. The second-order valence-corrected chi connectivity index (χ2v) is 8.51. The van der Waals surface area contributed by atoms with Gasteiger partial charge in [0, 0.05) is 13.7 Å². The van der Waals surface area contributed by atoms with Crippen LogP contribution in [0.15, 0.2) is 0 Å². The molecule has 0 bridgehead atoms. The minimum absolute atomic E-state index is 0.735. The van der Waals surface area contributed by atoms with Crippen molar-refractivity contribution >= 4 is 8.56 Å². The lowest BCUT2D eigenvalue weighted by atomic mass is 9.90. The molecule has 0 aliphatic heterocycles. The Morgan fingerprint density at radius 2 is 1.94 bits per heavy atom. The zero-order valence-electron chi connectivity index (χ0n) is 10.8. The van der Waals surface area contributed by atoms with Crippen molar-refractivity contribution in [2.75, 3.05) is 20.3 Å². The van der Waals surface area contributed by atoms with Gasteiger partial charge >= 0.3 is 8.56 Å². The predicted molar refractivity (Wildman–Crippen MR) is 69.6 cm³/mol. The van der Waals surface area contributed by atoms with E-state index in [0.29, 0.717) is 0 Å². The van der Waals surface area contributed by atoms with Crippen molar-refractivity contribution in [2.24, 2.45) is 11.7 Å². The van der Waals surface area contributed by atoms with E-state index in [1.807, 2.05) is 0 Å². The summed E-state index contributed by atoms with van der Waals surface area (Å²) in [5.74, 6) is 0.772. The van der Waals surface area contributed by atoms with Gasteiger partial charge in [-0.2, -0.15) is 0 Å². The van der Waals surface area contributed by atoms with Crippen molar-refractivity contribution in [3.05, 3.63) is 0 Å². The Morgan fingerprint density at radius 1 is 1.25 bits per heavy atom. The molecule has 0 aromatic rings. The third kappa shape index (κ3) is 4.95. The highest BCUT2D eigenvalue weighted by molar-refractivity contribution is 6.65. The number of hydrogen-bond acceptors (Lipinski definition) is 3. The standard InChI is InChI=1S/C12H27NO2Si/c1-14-16(2,10-6-9-13)15-11-12-7-4-3-5-8-12/h12H,3-11,13H2,1-2H3. The van der Waals surface area contributed by atoms with Gasteiger partial charge in [-0.25, -0.2) is 0 Å². The lowest BCUT2D eigenvalue weighted by Gasteiger charge is -2.29. The fourth-order valence-corrected chi connectivity index (χ4v) is 4.21. The fourth-order valence-electron chi connectivity index (χ4n) is 2.30. The Balaban J connectivity index is 2.25. The first-order valence-electron chi connectivity index (χ1n) is 6.59. The van der Waals surface area contributed by atoms with Crippen LogP contribution in [0, 0.1) is 5.92 Å². The molecule has 0 radical (unpaired) electrons. The molecule has 0 aromatic carbocycles. The van der Waals surface area contributed by atoms with Crippen LogP contribution in [0.25, 0.3) is 0 Å². The van der Waals surface area contributed by atoms with E-state index in [9.17, 15) is 0 Å². The summed E-state index contributed by atoms with van der Waals surface area (Å²) in [5.41, 5.74) is 5.54. The van der Waals surface area contributed by atoms with Gasteiger partial charge in [0.05, 0.1) is 0 Å². The molecule has 0 amide bonds. The summed E-state index contributed by atoms with van der Waals surface area (Å²) in [6.45, 7) is 3.80. The average molecular weight is 245 g/mol. The van der Waals surface area contributed by atoms with Gasteiger partial charge in [0.2, 0.25) is 0 Å². The maximum atomic E-state index is 6.08. The average Bonchev–Trinajstić information content (AvgIpc) is 2.35. The summed E-state index contributed by atoms with van der Waals surface area (Å²) < 4.78 is 11.7. The van der Waals surface area contributed by atoms with Gasteiger partial charge in [0.15, 0.2) is 0 Å². The number of rotatable bonds is 7. The van der Waals surface area contributed by atoms with Gasteiger partial charge in [-0.1, -0.05) is 19.3 Å². The van der Waals surface area contributed by atoms with E-state index in [0.717, 1.165) is 31.5 Å². The van der Waals surface area contributed by atoms with E-state index >= 15 is 0 Å². The van der Waals surface area contributed by atoms with Crippen molar-refractivity contribution in [3.63, 3.8) is 0 Å². The molecule has 16 heavy (non-hydrogen) atoms. The van der Waals surface area contributed by atoms with E-state index in [2.05, 4.69) is 6.55 Å². The molecule has 0 aromatic heterocycles. The van der Waals surface area contributed by atoms with Crippen LogP contribution in [0.3, 0.4) is 0 Å². The van der Waals surface area contributed by atoms with Crippen LogP contribution in [0.5, 0.6) is 0 Å². The van der Waals surface area contributed by atoms with Crippen LogP contribution in [0.4, 0.5) is 0 Å². The van der Waals surface area contributed by atoms with E-state index in [-0.39, 0.29) is 0 Å². The highest BCUT2D eigenvalue weighted by Gasteiger charge is 2.30. The highest BCUT2D eigenvalue weighted by Crippen LogP contribution is 2.25. The SMILES string of the molecule is CO[Si](C)(CCCN)OCC1CCCCC1. The molecule has 1 fully saturated rings. The number of hydrogen-bond donors (Lipinski definition) is 1. The highest BCUT2D eigenvalue weighted by atomic mass is 28.4. The Hall–Kier alpha value is 0.0969. The first kappa shape index (κ1) is 14.2. The molecule has 1 aliphatic rings. The third-order valence-corrected chi connectivity index (χ3v) is 6.52. The normalized spacial score (nSPS) is 21.9. The Kier molecular flexibility index (Phi) is 6.57. The van der Waals surface area contributed by atoms with Crippen LogP contribution in [-0.4, -0.2) is 28.8 Å². The summed E-state index contributed by atoms with van der Waals surface area (Å²) in [5, 5.41) is 0. The smallest absolute Gasteiger partial charge is 0.334 e. The molecular formula is C12H27NO2Si. The second kappa shape index (κ2) is 7.43. The second-order valence-electron chi connectivity index (χ2n) is 5.05. The molecule has 2 N–H and O–H groups in total. The van der Waals surface area contributed by atoms with E-state index in [1.165, 1.54) is 32.1 Å². The molecule has 0 spiro atoms. The lowest BCUT2D eigenvalue weighted by molar-refractivity contribution is 0.151. The summed E-state index contributed by atoms with van der Waals surface area (Å²) in [6.07, 6.45) is 7.85. The van der Waals surface area contributed by atoms with Crippen LogP contribution >= 0.6 is 0 Å². The van der Waals surface area contributed by atoms with E-state index < -0.39 is 8.56 Å². The molecule has 3 nitrogen and oxygen atoms in total. The van der Waals surface area contributed by atoms with Crippen molar-refractivity contribution in [1.82, 2.24) is 0 Å². The first-order valence-corrected chi connectivity index (χ1v) is 9.12. The topological polar surface area (TPSA) is 44.5 Å². The van der Waals surface area contributed by atoms with Crippen molar-refractivity contribution in [3.8, 4) is 0 Å². The molecule has 0 saturated heterocycles. The Labute approximate surface area is 101 Å². The molecule has 1 aliphatic carbocycles. The number of nitrogens with two attached hydrogens (primary N) is 1. The van der Waals surface area contributed by atoms with Crippen LogP contribution < -0.4 is 5.73 Å². The largest absolute Gasteiger partial charge is 0.398 e. The Bertz CT molecular complexity index is 186. The maximum absolute atomic E-state index is 6.08. The monoisotopic (exact) mass is 245 g/mol. The molecule has 1 rings (SSSR count). The fraction of sp³-hybridized carbons (Fsp3) is 1.00. The minimum Gasteiger partial charge on any atom is -0.398 e. The predicted octanol–water partition coefficient (Wildman–Crippen LogP) is 2.65. The van der Waals surface area contributed by atoms with Gasteiger partial charge in [-0.3, -0.25) is 0 Å². The molecule has 1 saturated carbocycles. The van der Waals surface area contributed by atoms with Crippen LogP contribution in [-0.2, 0) is 8.85 Å².